The molecule has 1 aromatic carbocycles. The van der Waals surface area contributed by atoms with Crippen molar-refractivity contribution in [2.45, 2.75) is 32.4 Å². The maximum absolute atomic E-state index is 6.34. The quantitative estimate of drug-likeness (QED) is 0.923. The minimum absolute atomic E-state index is 0.182. The summed E-state index contributed by atoms with van der Waals surface area (Å²) in [5.41, 5.74) is 7.54. The van der Waals surface area contributed by atoms with Crippen molar-refractivity contribution in [3.05, 3.63) is 28.2 Å². The molecule has 1 saturated heterocycles. The maximum Gasteiger partial charge on any atom is 0.123 e. The van der Waals surface area contributed by atoms with E-state index in [1.54, 1.807) is 7.11 Å². The van der Waals surface area contributed by atoms with Crippen molar-refractivity contribution in [3.8, 4) is 5.75 Å². The molecule has 0 aliphatic carbocycles. The minimum Gasteiger partial charge on any atom is -0.496 e. The van der Waals surface area contributed by atoms with Gasteiger partial charge < -0.3 is 10.5 Å². The molecule has 4 heteroatoms. The van der Waals surface area contributed by atoms with Crippen LogP contribution in [-0.4, -0.2) is 31.1 Å². The number of halogens is 1. The average molecular weight is 327 g/mol. The summed E-state index contributed by atoms with van der Waals surface area (Å²) in [5, 5.41) is 0. The van der Waals surface area contributed by atoms with Crippen LogP contribution in [0.5, 0.6) is 5.75 Å². The van der Waals surface area contributed by atoms with E-state index in [2.05, 4.69) is 40.7 Å². The Balaban J connectivity index is 2.34. The van der Waals surface area contributed by atoms with E-state index < -0.39 is 0 Å². The smallest absolute Gasteiger partial charge is 0.123 e. The lowest BCUT2D eigenvalue weighted by Crippen LogP contribution is -2.34. The highest BCUT2D eigenvalue weighted by atomic mass is 79.9. The average Bonchev–Trinajstić information content (AvgIpc) is 2.69. The van der Waals surface area contributed by atoms with Crippen LogP contribution in [0.2, 0.25) is 0 Å². The Bertz CT molecular complexity index is 436. The van der Waals surface area contributed by atoms with Crippen LogP contribution in [0.3, 0.4) is 0 Å². The molecule has 2 N–H and O–H groups in total. The van der Waals surface area contributed by atoms with Gasteiger partial charge >= 0.3 is 0 Å². The molecule has 3 nitrogen and oxygen atoms in total. The van der Waals surface area contributed by atoms with Crippen LogP contribution < -0.4 is 10.5 Å². The minimum atomic E-state index is 0.182. The van der Waals surface area contributed by atoms with Gasteiger partial charge in [0.15, 0.2) is 0 Å². The lowest BCUT2D eigenvalue weighted by atomic mass is 9.99. The third-order valence-electron chi connectivity index (χ3n) is 3.66. The molecular weight excluding hydrogens is 304 g/mol. The number of likely N-dealkylation sites (tertiary alicyclic amines) is 1. The molecule has 2 rings (SSSR count). The third kappa shape index (κ3) is 3.30. The van der Waals surface area contributed by atoms with Crippen LogP contribution >= 0.6 is 15.9 Å². The molecule has 1 aromatic rings. The van der Waals surface area contributed by atoms with Crippen LogP contribution in [0.4, 0.5) is 0 Å². The van der Waals surface area contributed by atoms with E-state index in [9.17, 15) is 0 Å². The largest absolute Gasteiger partial charge is 0.496 e. The fourth-order valence-electron chi connectivity index (χ4n) is 2.92. The number of benzene rings is 1. The molecule has 0 saturated carbocycles. The van der Waals surface area contributed by atoms with Crippen LogP contribution in [0.15, 0.2) is 22.7 Å². The number of nitrogens with two attached hydrogens (primary N) is 1. The lowest BCUT2D eigenvalue weighted by Gasteiger charge is -2.29. The van der Waals surface area contributed by atoms with Crippen LogP contribution in [-0.2, 0) is 0 Å². The van der Waals surface area contributed by atoms with E-state index >= 15 is 0 Å². The van der Waals surface area contributed by atoms with E-state index in [-0.39, 0.29) is 12.1 Å². The number of hydrogen-bond donors (Lipinski definition) is 1. The van der Waals surface area contributed by atoms with Crippen molar-refractivity contribution >= 4 is 15.9 Å². The summed E-state index contributed by atoms with van der Waals surface area (Å²) in [6.45, 7) is 6.64. The predicted octanol–water partition coefficient (Wildman–Crippen LogP) is 3.19. The lowest BCUT2D eigenvalue weighted by molar-refractivity contribution is 0.217. The molecule has 0 radical (unpaired) electrons. The summed E-state index contributed by atoms with van der Waals surface area (Å²) in [7, 11) is 1.72. The Labute approximate surface area is 124 Å². The highest BCUT2D eigenvalue weighted by molar-refractivity contribution is 9.10. The second-order valence-electron chi connectivity index (χ2n) is 5.67. The van der Waals surface area contributed by atoms with Gasteiger partial charge in [-0.15, -0.1) is 0 Å². The molecule has 1 fully saturated rings. The molecule has 0 bridgehead atoms. The molecular formula is C15H23BrN2O. The van der Waals surface area contributed by atoms with Gasteiger partial charge in [-0.3, -0.25) is 4.90 Å². The Morgan fingerprint density at radius 2 is 2.21 bits per heavy atom. The normalized spacial score (nSPS) is 24.1. The summed E-state index contributed by atoms with van der Waals surface area (Å²) < 4.78 is 6.59. The van der Waals surface area contributed by atoms with Crippen LogP contribution in [0.1, 0.15) is 31.9 Å². The van der Waals surface area contributed by atoms with E-state index in [0.29, 0.717) is 5.92 Å². The highest BCUT2D eigenvalue weighted by Gasteiger charge is 2.34. The van der Waals surface area contributed by atoms with E-state index in [0.717, 1.165) is 29.7 Å². The molecule has 1 heterocycles. The number of rotatable bonds is 4. The predicted molar refractivity (Wildman–Crippen MR) is 82.4 cm³/mol. The topological polar surface area (TPSA) is 38.5 Å². The Kier molecular flexibility index (Phi) is 4.87. The van der Waals surface area contributed by atoms with Gasteiger partial charge in [0.2, 0.25) is 0 Å². The van der Waals surface area contributed by atoms with Gasteiger partial charge in [0.1, 0.15) is 5.75 Å². The monoisotopic (exact) mass is 326 g/mol. The first kappa shape index (κ1) is 14.8. The summed E-state index contributed by atoms with van der Waals surface area (Å²) in [4.78, 5) is 2.49. The van der Waals surface area contributed by atoms with Crippen molar-refractivity contribution in [2.24, 2.45) is 11.7 Å². The molecule has 0 amide bonds. The Morgan fingerprint density at radius 3 is 2.84 bits per heavy atom. The van der Waals surface area contributed by atoms with Crippen molar-refractivity contribution in [1.82, 2.24) is 4.90 Å². The van der Waals surface area contributed by atoms with E-state index in [4.69, 9.17) is 10.5 Å². The fourth-order valence-corrected chi connectivity index (χ4v) is 3.30. The van der Waals surface area contributed by atoms with Crippen LogP contribution in [0, 0.1) is 5.92 Å². The molecule has 1 aliphatic rings. The second kappa shape index (κ2) is 6.25. The zero-order valence-corrected chi connectivity index (χ0v) is 13.5. The van der Waals surface area contributed by atoms with Gasteiger partial charge in [0.25, 0.3) is 0 Å². The van der Waals surface area contributed by atoms with Gasteiger partial charge in [0, 0.05) is 29.2 Å². The molecule has 106 valence electrons. The van der Waals surface area contributed by atoms with Gasteiger partial charge in [-0.1, -0.05) is 29.8 Å². The zero-order valence-electron chi connectivity index (χ0n) is 11.9. The molecule has 19 heavy (non-hydrogen) atoms. The first-order valence-electron chi connectivity index (χ1n) is 6.86. The Morgan fingerprint density at radius 1 is 1.47 bits per heavy atom. The van der Waals surface area contributed by atoms with Crippen molar-refractivity contribution in [3.63, 3.8) is 0 Å². The summed E-state index contributed by atoms with van der Waals surface area (Å²) in [5.74, 6) is 1.57. The number of hydrogen-bond acceptors (Lipinski definition) is 3. The van der Waals surface area contributed by atoms with Gasteiger partial charge in [-0.25, -0.2) is 0 Å². The third-order valence-corrected chi connectivity index (χ3v) is 4.15. The number of ether oxygens (including phenoxy) is 1. The van der Waals surface area contributed by atoms with Crippen molar-refractivity contribution in [2.75, 3.05) is 20.2 Å². The maximum atomic E-state index is 6.34. The van der Waals surface area contributed by atoms with Crippen molar-refractivity contribution in [1.29, 1.82) is 0 Å². The summed E-state index contributed by atoms with van der Waals surface area (Å²) in [6.07, 6.45) is 1.05. The fraction of sp³-hybridized carbons (Fsp3) is 0.600. The number of methoxy groups -OCH3 is 1. The second-order valence-corrected chi connectivity index (χ2v) is 6.59. The zero-order chi connectivity index (χ0) is 14.0. The van der Waals surface area contributed by atoms with Gasteiger partial charge in [-0.05, 0) is 30.5 Å². The molecule has 0 spiro atoms. The summed E-state index contributed by atoms with van der Waals surface area (Å²) in [6, 6.07) is 6.60. The first-order chi connectivity index (χ1) is 9.02. The SMILES string of the molecule is COc1ccc(Br)cc1C1C(N)CCN1CC(C)C. The van der Waals surface area contributed by atoms with E-state index in [1.165, 1.54) is 5.56 Å². The standard InChI is InChI=1S/C15H23BrN2O/c1-10(2)9-18-7-6-13(17)15(18)12-8-11(16)4-5-14(12)19-3/h4-5,8,10,13,15H,6-7,9,17H2,1-3H3. The molecule has 2 unspecified atom stereocenters. The van der Waals surface area contributed by atoms with E-state index in [1.807, 2.05) is 12.1 Å². The van der Waals surface area contributed by atoms with Gasteiger partial charge in [0.05, 0.1) is 13.2 Å². The number of nitrogens with zero attached hydrogens (tertiary/aromatic N) is 1. The van der Waals surface area contributed by atoms with Crippen molar-refractivity contribution < 1.29 is 4.74 Å². The van der Waals surface area contributed by atoms with Gasteiger partial charge in [-0.2, -0.15) is 0 Å². The Hall–Kier alpha value is -0.580. The highest BCUT2D eigenvalue weighted by Crippen LogP contribution is 2.38. The molecule has 1 aliphatic heterocycles. The molecule has 0 aromatic heterocycles. The molecule has 2 atom stereocenters. The summed E-state index contributed by atoms with van der Waals surface area (Å²) >= 11 is 3.55. The van der Waals surface area contributed by atoms with Crippen LogP contribution in [0.25, 0.3) is 0 Å². The first-order valence-corrected chi connectivity index (χ1v) is 7.65.